The van der Waals surface area contributed by atoms with E-state index in [-0.39, 0.29) is 6.67 Å². The summed E-state index contributed by atoms with van der Waals surface area (Å²) in [7, 11) is 0. The predicted octanol–water partition coefficient (Wildman–Crippen LogP) is 7.50. The Morgan fingerprint density at radius 3 is 2.59 bits per heavy atom. The minimum atomic E-state index is -0.237. The Labute approximate surface area is 202 Å². The molecule has 0 radical (unpaired) electrons. The Morgan fingerprint density at radius 1 is 1.00 bits per heavy atom. The zero-order chi connectivity index (χ0) is 22.8. The summed E-state index contributed by atoms with van der Waals surface area (Å²) in [5.74, 6) is 3.99. The van der Waals surface area contributed by atoms with Gasteiger partial charge in [-0.05, 0) is 117 Å². The lowest BCUT2D eigenvalue weighted by Gasteiger charge is -2.56. The highest BCUT2D eigenvalue weighted by molar-refractivity contribution is 7.80. The topological polar surface area (TPSA) is 21.3 Å². The zero-order valence-corrected chi connectivity index (χ0v) is 21.8. The number of hydrogen-bond acceptors (Lipinski definition) is 3. The molecule has 3 aliphatic carbocycles. The van der Waals surface area contributed by atoms with Crippen LogP contribution in [0.3, 0.4) is 0 Å². The van der Waals surface area contributed by atoms with Gasteiger partial charge in [-0.1, -0.05) is 33.6 Å². The van der Waals surface area contributed by atoms with Crippen molar-refractivity contribution >= 4 is 17.3 Å². The van der Waals surface area contributed by atoms with Crippen LogP contribution >= 0.6 is 12.2 Å². The number of nitrogens with one attached hydrogen (secondary N) is 1. The van der Waals surface area contributed by atoms with Gasteiger partial charge in [0.25, 0.3) is 0 Å². The van der Waals surface area contributed by atoms with E-state index < -0.39 is 0 Å². The summed E-state index contributed by atoms with van der Waals surface area (Å²) in [6, 6.07) is 0.545. The number of halogens is 1. The molecule has 1 N–H and O–H groups in total. The molecule has 1 heterocycles. The van der Waals surface area contributed by atoms with E-state index in [0.717, 1.165) is 41.7 Å². The van der Waals surface area contributed by atoms with Crippen LogP contribution in [0.1, 0.15) is 104 Å². The van der Waals surface area contributed by atoms with Gasteiger partial charge < -0.3 is 10.1 Å². The maximum Gasteiger partial charge on any atom is 0.162 e. The zero-order valence-electron chi connectivity index (χ0n) is 21.0. The Hall–Kier alpha value is -0.220. The highest BCUT2D eigenvalue weighted by atomic mass is 32.1. The molecule has 1 aliphatic heterocycles. The van der Waals surface area contributed by atoms with Gasteiger partial charge in [-0.25, -0.2) is 4.39 Å². The molecule has 0 bridgehead atoms. The van der Waals surface area contributed by atoms with Crippen LogP contribution in [-0.4, -0.2) is 30.9 Å². The van der Waals surface area contributed by atoms with Gasteiger partial charge in [-0.3, -0.25) is 0 Å². The lowest BCUT2D eigenvalue weighted by Crippen LogP contribution is -2.50. The normalized spacial score (nSPS) is 42.2. The van der Waals surface area contributed by atoms with Crippen LogP contribution in [0.25, 0.3) is 0 Å². The molecule has 0 aromatic carbocycles. The Kier molecular flexibility index (Phi) is 8.23. The summed E-state index contributed by atoms with van der Waals surface area (Å²) in [5.41, 5.74) is 0.916. The first-order valence-corrected chi connectivity index (χ1v) is 14.2. The van der Waals surface area contributed by atoms with Crippen molar-refractivity contribution in [2.24, 2.45) is 40.4 Å². The Bertz CT molecular complexity index is 639. The molecule has 4 fully saturated rings. The third-order valence-electron chi connectivity index (χ3n) is 10.6. The van der Waals surface area contributed by atoms with Crippen LogP contribution in [0.15, 0.2) is 0 Å². The third-order valence-corrected chi connectivity index (χ3v) is 11.1. The average molecular weight is 466 g/mol. The fourth-order valence-electron chi connectivity index (χ4n) is 8.35. The summed E-state index contributed by atoms with van der Waals surface area (Å²) < 4.78 is 18.3. The van der Waals surface area contributed by atoms with Crippen LogP contribution in [0.2, 0.25) is 0 Å². The van der Waals surface area contributed by atoms with Crippen molar-refractivity contribution in [3.05, 3.63) is 0 Å². The number of alkyl halides is 1. The van der Waals surface area contributed by atoms with Crippen molar-refractivity contribution in [1.82, 2.24) is 5.32 Å². The van der Waals surface area contributed by atoms with E-state index in [0.29, 0.717) is 29.3 Å². The summed E-state index contributed by atoms with van der Waals surface area (Å²) in [5, 5.41) is 4.37. The molecular weight excluding hydrogens is 417 g/mol. The number of rotatable bonds is 6. The second-order valence-electron chi connectivity index (χ2n) is 12.6. The van der Waals surface area contributed by atoms with Crippen molar-refractivity contribution in [2.75, 3.05) is 19.8 Å². The lowest BCUT2D eigenvalue weighted by molar-refractivity contribution is -0.0529. The van der Waals surface area contributed by atoms with Crippen LogP contribution in [-0.2, 0) is 4.74 Å². The van der Waals surface area contributed by atoms with Gasteiger partial charge in [0.2, 0.25) is 0 Å². The van der Waals surface area contributed by atoms with Gasteiger partial charge in [0.1, 0.15) is 6.67 Å². The monoisotopic (exact) mass is 465 g/mol. The van der Waals surface area contributed by atoms with Crippen molar-refractivity contribution in [3.63, 3.8) is 0 Å². The van der Waals surface area contributed by atoms with Crippen molar-refractivity contribution in [1.29, 1.82) is 0 Å². The van der Waals surface area contributed by atoms with E-state index in [1.807, 2.05) is 0 Å². The van der Waals surface area contributed by atoms with E-state index in [9.17, 15) is 4.39 Å². The standard InChI is InChI=1S/C28H48FNOS/c1-27(2)14-12-25-20(5-4-6-22(27)9-8-21-13-18-31-26(21)32)7-10-23-19-24(30-17-16-29)11-15-28(23,25)3/h20-25,30H,4-19H2,1-3H3. The Morgan fingerprint density at radius 2 is 1.84 bits per heavy atom. The molecule has 0 spiro atoms. The van der Waals surface area contributed by atoms with E-state index >= 15 is 0 Å². The molecular formula is C28H48FNOS. The molecule has 7 unspecified atom stereocenters. The van der Waals surface area contributed by atoms with E-state index in [2.05, 4.69) is 26.1 Å². The van der Waals surface area contributed by atoms with Gasteiger partial charge in [0.05, 0.1) is 6.61 Å². The maximum atomic E-state index is 12.7. The van der Waals surface area contributed by atoms with Gasteiger partial charge in [0, 0.05) is 18.5 Å². The fraction of sp³-hybridized carbons (Fsp3) is 0.964. The first-order valence-electron chi connectivity index (χ1n) is 13.8. The van der Waals surface area contributed by atoms with E-state index in [4.69, 9.17) is 17.0 Å². The number of thiocarbonyl (C=S) groups is 1. The summed E-state index contributed by atoms with van der Waals surface area (Å²) in [4.78, 5) is 0. The fourth-order valence-corrected chi connectivity index (χ4v) is 8.67. The second kappa shape index (κ2) is 10.6. The van der Waals surface area contributed by atoms with Crippen LogP contribution in [0.5, 0.6) is 0 Å². The highest BCUT2D eigenvalue weighted by Gasteiger charge is 2.50. The molecule has 0 amide bonds. The van der Waals surface area contributed by atoms with Gasteiger partial charge in [-0.15, -0.1) is 0 Å². The van der Waals surface area contributed by atoms with Crippen LogP contribution < -0.4 is 5.32 Å². The first kappa shape index (κ1) is 24.9. The smallest absolute Gasteiger partial charge is 0.162 e. The van der Waals surface area contributed by atoms with Crippen LogP contribution in [0, 0.1) is 40.4 Å². The average Bonchev–Trinajstić information content (AvgIpc) is 3.19. The van der Waals surface area contributed by atoms with E-state index in [1.54, 1.807) is 0 Å². The second-order valence-corrected chi connectivity index (χ2v) is 13.0. The predicted molar refractivity (Wildman–Crippen MR) is 136 cm³/mol. The minimum absolute atomic E-state index is 0.237. The summed E-state index contributed by atoms with van der Waals surface area (Å²) >= 11 is 5.46. The minimum Gasteiger partial charge on any atom is -0.487 e. The molecule has 0 aromatic rings. The van der Waals surface area contributed by atoms with Gasteiger partial charge in [0.15, 0.2) is 5.05 Å². The molecule has 2 nitrogen and oxygen atoms in total. The third kappa shape index (κ3) is 5.37. The molecule has 0 aromatic heterocycles. The van der Waals surface area contributed by atoms with Gasteiger partial charge >= 0.3 is 0 Å². The molecule has 1 saturated heterocycles. The lowest BCUT2D eigenvalue weighted by atomic mass is 9.50. The summed E-state index contributed by atoms with van der Waals surface area (Å²) in [6.07, 6.45) is 17.4. The van der Waals surface area contributed by atoms with Crippen molar-refractivity contribution in [2.45, 2.75) is 110 Å². The maximum absolute atomic E-state index is 12.7. The Balaban J connectivity index is 1.40. The molecule has 3 saturated carbocycles. The largest absolute Gasteiger partial charge is 0.487 e. The van der Waals surface area contributed by atoms with E-state index in [1.165, 1.54) is 77.0 Å². The number of hydrogen-bond donors (Lipinski definition) is 1. The molecule has 4 aliphatic rings. The molecule has 184 valence electrons. The number of fused-ring (bicyclic) bond motifs is 3. The molecule has 4 rings (SSSR count). The first-order chi connectivity index (χ1) is 15.3. The molecule has 32 heavy (non-hydrogen) atoms. The summed E-state index contributed by atoms with van der Waals surface area (Å²) in [6.45, 7) is 8.89. The number of ether oxygens (including phenoxy) is 1. The molecule has 7 atom stereocenters. The highest BCUT2D eigenvalue weighted by Crippen LogP contribution is 2.59. The SMILES string of the molecule is CC1(C)CCC2C(CCCC1CCC1CCOC1=S)CCC1CC(NCCF)CCC12C. The quantitative estimate of drug-likeness (QED) is 0.410. The van der Waals surface area contributed by atoms with Gasteiger partial charge in [-0.2, -0.15) is 0 Å². The van der Waals surface area contributed by atoms with Crippen LogP contribution in [0.4, 0.5) is 4.39 Å². The molecule has 4 heteroatoms. The van der Waals surface area contributed by atoms with Crippen molar-refractivity contribution < 1.29 is 9.13 Å². The van der Waals surface area contributed by atoms with Crippen molar-refractivity contribution in [3.8, 4) is 0 Å².